The molecule has 0 aromatic heterocycles. The number of amides is 1. The number of halogens is 3. The van der Waals surface area contributed by atoms with Crippen molar-refractivity contribution in [3.05, 3.63) is 35.4 Å². The highest BCUT2D eigenvalue weighted by Crippen LogP contribution is 2.26. The number of hydrogen-bond donors (Lipinski definition) is 1. The quantitative estimate of drug-likeness (QED) is 0.916. The van der Waals surface area contributed by atoms with Gasteiger partial charge in [0.05, 0.1) is 13.0 Å². The van der Waals surface area contributed by atoms with Crippen LogP contribution < -0.4 is 5.32 Å². The van der Waals surface area contributed by atoms with Gasteiger partial charge in [-0.1, -0.05) is 29.8 Å². The number of benzene rings is 1. The lowest BCUT2D eigenvalue weighted by Crippen LogP contribution is -2.33. The second kappa shape index (κ2) is 5.21. The molecule has 0 bridgehead atoms. The second-order valence-electron chi connectivity index (χ2n) is 4.65. The van der Waals surface area contributed by atoms with E-state index in [-0.39, 0.29) is 19.0 Å². The molecule has 1 aliphatic heterocycles. The molecule has 19 heavy (non-hydrogen) atoms. The first kappa shape index (κ1) is 13.9. The molecule has 1 aliphatic rings. The van der Waals surface area contributed by atoms with Crippen molar-refractivity contribution in [2.75, 3.05) is 13.1 Å². The molecular formula is C13H15F3N2O. The van der Waals surface area contributed by atoms with Crippen LogP contribution in [0.25, 0.3) is 0 Å². The van der Waals surface area contributed by atoms with Crippen molar-refractivity contribution in [2.45, 2.75) is 25.7 Å². The third-order valence-corrected chi connectivity index (χ3v) is 3.07. The van der Waals surface area contributed by atoms with Gasteiger partial charge in [-0.2, -0.15) is 13.2 Å². The molecule has 1 fully saturated rings. The minimum absolute atomic E-state index is 0.0798. The van der Waals surface area contributed by atoms with Crippen LogP contribution in [0.15, 0.2) is 24.3 Å². The van der Waals surface area contributed by atoms with E-state index >= 15 is 0 Å². The minimum Gasteiger partial charge on any atom is -0.321 e. The third kappa shape index (κ3) is 3.47. The van der Waals surface area contributed by atoms with E-state index in [9.17, 15) is 18.0 Å². The molecule has 1 saturated heterocycles. The fraction of sp³-hybridized carbons (Fsp3) is 0.462. The number of rotatable bonds is 3. The Labute approximate surface area is 109 Å². The topological polar surface area (TPSA) is 32.3 Å². The maximum Gasteiger partial charge on any atom is 0.390 e. The zero-order valence-electron chi connectivity index (χ0n) is 10.5. The number of aryl methyl sites for hydroxylation is 1. The molecule has 1 unspecified atom stereocenters. The van der Waals surface area contributed by atoms with Crippen LogP contribution in [-0.4, -0.2) is 30.1 Å². The lowest BCUT2D eigenvalue weighted by atomic mass is 10.1. The third-order valence-electron chi connectivity index (χ3n) is 3.07. The fourth-order valence-electron chi connectivity index (χ4n) is 2.18. The Bertz CT molecular complexity index is 473. The summed E-state index contributed by atoms with van der Waals surface area (Å²) >= 11 is 0. The molecule has 104 valence electrons. The first-order chi connectivity index (χ1) is 8.87. The van der Waals surface area contributed by atoms with E-state index in [1.807, 2.05) is 31.2 Å². The van der Waals surface area contributed by atoms with Crippen molar-refractivity contribution < 1.29 is 18.0 Å². The first-order valence-corrected chi connectivity index (χ1v) is 6.03. The van der Waals surface area contributed by atoms with Crippen molar-refractivity contribution in [2.24, 2.45) is 0 Å². The summed E-state index contributed by atoms with van der Waals surface area (Å²) in [4.78, 5) is 12.9. The van der Waals surface area contributed by atoms with Crippen LogP contribution in [0.2, 0.25) is 0 Å². The molecule has 1 N–H and O–H groups in total. The summed E-state index contributed by atoms with van der Waals surface area (Å²) in [5.74, 6) is -0.296. The Morgan fingerprint density at radius 3 is 2.79 bits per heavy atom. The molecule has 1 heterocycles. The summed E-state index contributed by atoms with van der Waals surface area (Å²) in [6.45, 7) is 1.67. The Hall–Kier alpha value is -1.56. The molecule has 6 heteroatoms. The summed E-state index contributed by atoms with van der Waals surface area (Å²) < 4.78 is 36.8. The van der Waals surface area contributed by atoms with Crippen molar-refractivity contribution in [3.8, 4) is 0 Å². The van der Waals surface area contributed by atoms with Gasteiger partial charge < -0.3 is 4.90 Å². The Morgan fingerprint density at radius 2 is 2.16 bits per heavy atom. The average molecular weight is 272 g/mol. The van der Waals surface area contributed by atoms with Gasteiger partial charge in [-0.15, -0.1) is 0 Å². The molecule has 1 atom stereocenters. The first-order valence-electron chi connectivity index (χ1n) is 6.03. The number of nitrogens with one attached hydrogen (secondary N) is 1. The van der Waals surface area contributed by atoms with Gasteiger partial charge in [0.1, 0.15) is 6.17 Å². The summed E-state index contributed by atoms with van der Waals surface area (Å²) in [5.41, 5.74) is 1.82. The van der Waals surface area contributed by atoms with Crippen LogP contribution in [0.1, 0.15) is 23.7 Å². The fourth-order valence-corrected chi connectivity index (χ4v) is 2.18. The summed E-state index contributed by atoms with van der Waals surface area (Å²) in [5, 5.41) is 2.95. The predicted octanol–water partition coefficient (Wildman–Crippen LogP) is 2.38. The maximum atomic E-state index is 12.3. The normalized spacial score (nSPS) is 20.1. The van der Waals surface area contributed by atoms with Crippen molar-refractivity contribution in [1.82, 2.24) is 10.2 Å². The van der Waals surface area contributed by atoms with Crippen LogP contribution >= 0.6 is 0 Å². The second-order valence-corrected chi connectivity index (χ2v) is 4.65. The number of carbonyl (C=O) groups is 1. The van der Waals surface area contributed by atoms with E-state index in [0.717, 1.165) is 11.1 Å². The van der Waals surface area contributed by atoms with Crippen LogP contribution in [0.4, 0.5) is 13.2 Å². The molecule has 1 aromatic rings. The number of nitrogens with zero attached hydrogens (tertiary/aromatic N) is 1. The van der Waals surface area contributed by atoms with E-state index in [1.165, 1.54) is 4.90 Å². The van der Waals surface area contributed by atoms with Gasteiger partial charge in [-0.25, -0.2) is 0 Å². The monoisotopic (exact) mass is 272 g/mol. The van der Waals surface area contributed by atoms with Gasteiger partial charge in [0.25, 0.3) is 0 Å². The van der Waals surface area contributed by atoms with Crippen molar-refractivity contribution >= 4 is 5.91 Å². The van der Waals surface area contributed by atoms with Crippen LogP contribution in [0.5, 0.6) is 0 Å². The number of hydrogen-bond acceptors (Lipinski definition) is 2. The lowest BCUT2D eigenvalue weighted by molar-refractivity contribution is -0.144. The molecule has 1 aromatic carbocycles. The lowest BCUT2D eigenvalue weighted by Gasteiger charge is -2.25. The Morgan fingerprint density at radius 1 is 1.42 bits per heavy atom. The summed E-state index contributed by atoms with van der Waals surface area (Å²) in [7, 11) is 0. The van der Waals surface area contributed by atoms with E-state index in [4.69, 9.17) is 0 Å². The molecule has 3 nitrogen and oxygen atoms in total. The minimum atomic E-state index is -4.25. The van der Waals surface area contributed by atoms with Crippen molar-refractivity contribution in [3.63, 3.8) is 0 Å². The standard InChI is InChI=1S/C13H15F3N2O/c1-9-3-2-4-10(7-9)12-17-8-11(19)18(12)6-5-13(14,15)16/h2-4,7,12,17H,5-6,8H2,1H3. The Kier molecular flexibility index (Phi) is 3.80. The molecule has 1 amide bonds. The number of alkyl halides is 3. The van der Waals surface area contributed by atoms with E-state index in [0.29, 0.717) is 0 Å². The zero-order valence-corrected chi connectivity index (χ0v) is 10.5. The highest BCUT2D eigenvalue weighted by atomic mass is 19.4. The van der Waals surface area contributed by atoms with Crippen LogP contribution in [-0.2, 0) is 4.79 Å². The van der Waals surface area contributed by atoms with Crippen LogP contribution in [0, 0.1) is 6.92 Å². The van der Waals surface area contributed by atoms with E-state index in [2.05, 4.69) is 5.32 Å². The highest BCUT2D eigenvalue weighted by Gasteiger charge is 2.35. The van der Waals surface area contributed by atoms with Gasteiger partial charge in [0, 0.05) is 6.54 Å². The van der Waals surface area contributed by atoms with Gasteiger partial charge in [0.15, 0.2) is 0 Å². The summed E-state index contributed by atoms with van der Waals surface area (Å²) in [6, 6.07) is 7.41. The van der Waals surface area contributed by atoms with Gasteiger partial charge in [0.2, 0.25) is 5.91 Å². The molecule has 2 rings (SSSR count). The van der Waals surface area contributed by atoms with E-state index in [1.54, 1.807) is 0 Å². The molecule has 0 saturated carbocycles. The van der Waals surface area contributed by atoms with E-state index < -0.39 is 18.8 Å². The SMILES string of the molecule is Cc1cccc(C2NCC(=O)N2CCC(F)(F)F)c1. The molecule has 0 spiro atoms. The highest BCUT2D eigenvalue weighted by molar-refractivity contribution is 5.80. The average Bonchev–Trinajstić information content (AvgIpc) is 2.67. The zero-order chi connectivity index (χ0) is 14.0. The van der Waals surface area contributed by atoms with Gasteiger partial charge >= 0.3 is 6.18 Å². The van der Waals surface area contributed by atoms with Gasteiger partial charge in [-0.3, -0.25) is 10.1 Å². The molecule has 0 aliphatic carbocycles. The number of carbonyl (C=O) groups excluding carboxylic acids is 1. The smallest absolute Gasteiger partial charge is 0.321 e. The Balaban J connectivity index is 2.13. The maximum absolute atomic E-state index is 12.3. The van der Waals surface area contributed by atoms with Crippen molar-refractivity contribution in [1.29, 1.82) is 0 Å². The summed E-state index contributed by atoms with van der Waals surface area (Å²) in [6.07, 6.45) is -5.70. The predicted molar refractivity (Wildman–Crippen MR) is 64.3 cm³/mol. The van der Waals surface area contributed by atoms with Crippen LogP contribution in [0.3, 0.4) is 0 Å². The molecular weight excluding hydrogens is 257 g/mol. The largest absolute Gasteiger partial charge is 0.390 e. The molecule has 0 radical (unpaired) electrons. The van der Waals surface area contributed by atoms with Gasteiger partial charge in [-0.05, 0) is 12.5 Å².